The van der Waals surface area contributed by atoms with Gasteiger partial charge in [-0.25, -0.2) is 0 Å². The Kier molecular flexibility index (Phi) is 5.85. The number of benzene rings is 1. The Morgan fingerprint density at radius 2 is 2.00 bits per heavy atom. The molecule has 0 amide bonds. The van der Waals surface area contributed by atoms with Gasteiger partial charge in [-0.3, -0.25) is 10.1 Å². The number of halogens is 1. The van der Waals surface area contributed by atoms with Gasteiger partial charge in [0.1, 0.15) is 0 Å². The lowest BCUT2D eigenvalue weighted by molar-refractivity contribution is -0.385. The Bertz CT molecular complexity index is 344. The monoisotopic (exact) mass is 287 g/mol. The number of unbranched alkanes of at least 4 members (excludes halogenated alkanes) is 2. The third kappa shape index (κ3) is 4.18. The highest BCUT2D eigenvalue weighted by molar-refractivity contribution is 9.09. The predicted octanol–water partition coefficient (Wildman–Crippen LogP) is 3.54. The third-order valence-corrected chi connectivity index (χ3v) is 2.66. The third-order valence-electron chi connectivity index (χ3n) is 2.10. The molecule has 0 saturated carbocycles. The molecule has 1 aromatic rings. The molecule has 0 aliphatic heterocycles. The highest BCUT2D eigenvalue weighted by Gasteiger charge is 2.12. The van der Waals surface area contributed by atoms with E-state index >= 15 is 0 Å². The van der Waals surface area contributed by atoms with Crippen LogP contribution in [0, 0.1) is 10.1 Å². The lowest BCUT2D eigenvalue weighted by Gasteiger charge is -2.05. The lowest BCUT2D eigenvalue weighted by atomic mass is 10.2. The van der Waals surface area contributed by atoms with Gasteiger partial charge in [-0.15, -0.1) is 0 Å². The Morgan fingerprint density at radius 1 is 1.25 bits per heavy atom. The molecule has 0 aliphatic carbocycles. The van der Waals surface area contributed by atoms with Gasteiger partial charge < -0.3 is 4.74 Å². The summed E-state index contributed by atoms with van der Waals surface area (Å²) in [4.78, 5) is 10.3. The summed E-state index contributed by atoms with van der Waals surface area (Å²) in [6, 6.07) is 6.45. The molecule has 1 rings (SSSR count). The summed E-state index contributed by atoms with van der Waals surface area (Å²) in [5.74, 6) is 0.353. The number of hydrogen-bond acceptors (Lipinski definition) is 3. The summed E-state index contributed by atoms with van der Waals surface area (Å²) >= 11 is 3.35. The van der Waals surface area contributed by atoms with Crippen LogP contribution in [0.1, 0.15) is 19.3 Å². The van der Waals surface area contributed by atoms with E-state index in [1.165, 1.54) is 6.07 Å². The topological polar surface area (TPSA) is 52.4 Å². The average molecular weight is 288 g/mol. The van der Waals surface area contributed by atoms with E-state index in [1.807, 2.05) is 0 Å². The number of nitro benzene ring substituents is 1. The molecular weight excluding hydrogens is 274 g/mol. The maximum Gasteiger partial charge on any atom is 0.310 e. The number of para-hydroxylation sites is 2. The molecule has 0 unspecified atom stereocenters. The lowest BCUT2D eigenvalue weighted by Crippen LogP contribution is -2.00. The maximum absolute atomic E-state index is 10.7. The number of hydrogen-bond donors (Lipinski definition) is 0. The summed E-state index contributed by atoms with van der Waals surface area (Å²) in [6.07, 6.45) is 3.07. The average Bonchev–Trinajstić information content (AvgIpc) is 2.29. The van der Waals surface area contributed by atoms with Crippen LogP contribution in [0.2, 0.25) is 0 Å². The van der Waals surface area contributed by atoms with Crippen molar-refractivity contribution < 1.29 is 9.66 Å². The summed E-state index contributed by atoms with van der Waals surface area (Å²) in [5.41, 5.74) is 0.0305. The van der Waals surface area contributed by atoms with Crippen molar-refractivity contribution in [3.8, 4) is 5.75 Å². The summed E-state index contributed by atoms with van der Waals surface area (Å²) < 4.78 is 5.39. The van der Waals surface area contributed by atoms with Crippen LogP contribution in [-0.2, 0) is 0 Å². The summed E-state index contributed by atoms with van der Waals surface area (Å²) in [6.45, 7) is 0.526. The van der Waals surface area contributed by atoms with Crippen LogP contribution in [0.15, 0.2) is 24.3 Å². The van der Waals surface area contributed by atoms with E-state index in [4.69, 9.17) is 4.74 Å². The molecule has 16 heavy (non-hydrogen) atoms. The van der Waals surface area contributed by atoms with E-state index in [0.717, 1.165) is 24.6 Å². The highest BCUT2D eigenvalue weighted by atomic mass is 79.9. The fourth-order valence-corrected chi connectivity index (χ4v) is 1.68. The molecule has 4 nitrogen and oxygen atoms in total. The van der Waals surface area contributed by atoms with E-state index in [1.54, 1.807) is 18.2 Å². The zero-order chi connectivity index (χ0) is 11.8. The first kappa shape index (κ1) is 13.0. The fraction of sp³-hybridized carbons (Fsp3) is 0.455. The normalized spacial score (nSPS) is 10.1. The van der Waals surface area contributed by atoms with Crippen molar-refractivity contribution in [1.29, 1.82) is 0 Å². The smallest absolute Gasteiger partial charge is 0.310 e. The van der Waals surface area contributed by atoms with Gasteiger partial charge in [0, 0.05) is 11.4 Å². The Balaban J connectivity index is 2.44. The van der Waals surface area contributed by atoms with Crippen LogP contribution in [0.4, 0.5) is 5.69 Å². The molecular formula is C11H14BrNO3. The van der Waals surface area contributed by atoms with Crippen LogP contribution >= 0.6 is 15.9 Å². The molecule has 1 aromatic carbocycles. The molecule has 0 heterocycles. The summed E-state index contributed by atoms with van der Waals surface area (Å²) in [7, 11) is 0. The van der Waals surface area contributed by atoms with E-state index in [2.05, 4.69) is 15.9 Å². The first-order chi connectivity index (χ1) is 7.75. The highest BCUT2D eigenvalue weighted by Crippen LogP contribution is 2.25. The van der Waals surface area contributed by atoms with Gasteiger partial charge in [0.2, 0.25) is 0 Å². The van der Waals surface area contributed by atoms with Crippen LogP contribution < -0.4 is 4.74 Å². The van der Waals surface area contributed by atoms with Gasteiger partial charge in [-0.1, -0.05) is 28.1 Å². The molecule has 0 spiro atoms. The Hall–Kier alpha value is -1.10. The molecule has 0 saturated heterocycles. The number of alkyl halides is 1. The van der Waals surface area contributed by atoms with Gasteiger partial charge in [0.15, 0.2) is 5.75 Å². The molecule has 0 aromatic heterocycles. The first-order valence-electron chi connectivity index (χ1n) is 5.18. The minimum atomic E-state index is -0.423. The zero-order valence-electron chi connectivity index (χ0n) is 8.89. The minimum Gasteiger partial charge on any atom is -0.487 e. The molecule has 0 N–H and O–H groups in total. The molecule has 0 aliphatic rings. The van der Waals surface area contributed by atoms with Gasteiger partial charge in [-0.2, -0.15) is 0 Å². The molecule has 88 valence electrons. The van der Waals surface area contributed by atoms with Crippen molar-refractivity contribution in [1.82, 2.24) is 0 Å². The minimum absolute atomic E-state index is 0.0305. The van der Waals surface area contributed by atoms with Crippen molar-refractivity contribution in [2.45, 2.75) is 19.3 Å². The van der Waals surface area contributed by atoms with Crippen molar-refractivity contribution in [3.63, 3.8) is 0 Å². The van der Waals surface area contributed by atoms with Crippen molar-refractivity contribution in [3.05, 3.63) is 34.4 Å². The van der Waals surface area contributed by atoms with E-state index in [9.17, 15) is 10.1 Å². The SMILES string of the molecule is O=[N+]([O-])c1ccccc1OCCCCCBr. The standard InChI is InChI=1S/C11H14BrNO3/c12-8-4-1-5-9-16-11-7-3-2-6-10(11)13(14)15/h2-3,6-7H,1,4-5,8-9H2. The van der Waals surface area contributed by atoms with E-state index < -0.39 is 4.92 Å². The van der Waals surface area contributed by atoms with Crippen LogP contribution in [0.25, 0.3) is 0 Å². The van der Waals surface area contributed by atoms with Gasteiger partial charge >= 0.3 is 5.69 Å². The second-order valence-corrected chi connectivity index (χ2v) is 4.12. The Morgan fingerprint density at radius 3 is 2.69 bits per heavy atom. The summed E-state index contributed by atoms with van der Waals surface area (Å²) in [5, 5.41) is 11.7. The van der Waals surface area contributed by atoms with E-state index in [-0.39, 0.29) is 5.69 Å². The second kappa shape index (κ2) is 7.22. The number of rotatable bonds is 7. The van der Waals surface area contributed by atoms with Crippen LogP contribution in [0.3, 0.4) is 0 Å². The quantitative estimate of drug-likeness (QED) is 0.334. The number of nitro groups is 1. The largest absolute Gasteiger partial charge is 0.487 e. The molecule has 0 radical (unpaired) electrons. The maximum atomic E-state index is 10.7. The number of nitrogens with zero attached hydrogens (tertiary/aromatic N) is 1. The first-order valence-corrected chi connectivity index (χ1v) is 6.30. The fourth-order valence-electron chi connectivity index (χ4n) is 1.29. The van der Waals surface area contributed by atoms with Crippen LogP contribution in [0.5, 0.6) is 5.75 Å². The molecule has 5 heteroatoms. The molecule has 0 atom stereocenters. The van der Waals surface area contributed by atoms with Crippen LogP contribution in [-0.4, -0.2) is 16.9 Å². The second-order valence-electron chi connectivity index (χ2n) is 3.32. The molecule has 0 fully saturated rings. The van der Waals surface area contributed by atoms with Gasteiger partial charge in [-0.05, 0) is 25.3 Å². The van der Waals surface area contributed by atoms with Gasteiger partial charge in [0.25, 0.3) is 0 Å². The van der Waals surface area contributed by atoms with E-state index in [0.29, 0.717) is 12.4 Å². The molecule has 0 bridgehead atoms. The zero-order valence-corrected chi connectivity index (χ0v) is 10.5. The van der Waals surface area contributed by atoms with Crippen molar-refractivity contribution >= 4 is 21.6 Å². The van der Waals surface area contributed by atoms with Gasteiger partial charge in [0.05, 0.1) is 11.5 Å². The van der Waals surface area contributed by atoms with Crippen molar-refractivity contribution in [2.24, 2.45) is 0 Å². The number of ether oxygens (including phenoxy) is 1. The predicted molar refractivity (Wildman–Crippen MR) is 66.2 cm³/mol. The van der Waals surface area contributed by atoms with Crippen molar-refractivity contribution in [2.75, 3.05) is 11.9 Å². The Labute approximate surface area is 103 Å².